The molecule has 3 aromatic rings. The summed E-state index contributed by atoms with van der Waals surface area (Å²) < 4.78 is 1.02. The first-order valence-corrected chi connectivity index (χ1v) is 8.27. The molecule has 1 aromatic heterocycles. The summed E-state index contributed by atoms with van der Waals surface area (Å²) in [6, 6.07) is 15.6. The Morgan fingerprint density at radius 3 is 2.61 bits per heavy atom. The lowest BCUT2D eigenvalue weighted by molar-refractivity contribution is 0.0711. The van der Waals surface area contributed by atoms with E-state index in [9.17, 15) is 4.79 Å². The molecule has 0 unspecified atom stereocenters. The fourth-order valence-corrected chi connectivity index (χ4v) is 3.58. The maximum Gasteiger partial charge on any atom is 0.284 e. The number of halogens is 1. The molecule has 4 nitrogen and oxygen atoms in total. The highest BCUT2D eigenvalue weighted by Crippen LogP contribution is 2.26. The van der Waals surface area contributed by atoms with Crippen molar-refractivity contribution in [1.29, 1.82) is 0 Å². The predicted molar refractivity (Wildman–Crippen MR) is 93.1 cm³/mol. The molecule has 23 heavy (non-hydrogen) atoms. The van der Waals surface area contributed by atoms with Gasteiger partial charge in [-0.3, -0.25) is 10.0 Å². The van der Waals surface area contributed by atoms with Gasteiger partial charge < -0.3 is 5.32 Å². The summed E-state index contributed by atoms with van der Waals surface area (Å²) in [5.41, 5.74) is 3.93. The smallest absolute Gasteiger partial charge is 0.284 e. The first-order chi connectivity index (χ1) is 11.2. The molecule has 0 atom stereocenters. The van der Waals surface area contributed by atoms with E-state index in [2.05, 4.69) is 11.4 Å². The second-order valence-corrected chi connectivity index (χ2v) is 6.68. The van der Waals surface area contributed by atoms with Crippen molar-refractivity contribution in [3.8, 4) is 0 Å². The van der Waals surface area contributed by atoms with Crippen LogP contribution in [0.2, 0.25) is 5.02 Å². The van der Waals surface area contributed by atoms with Gasteiger partial charge in [-0.05, 0) is 40.8 Å². The Labute approximate surface area is 142 Å². The minimum Gasteiger partial charge on any atom is -0.309 e. The van der Waals surface area contributed by atoms with E-state index in [1.807, 2.05) is 36.4 Å². The van der Waals surface area contributed by atoms with Crippen LogP contribution in [0.1, 0.15) is 20.8 Å². The average Bonchev–Trinajstić information content (AvgIpc) is 2.97. The fourth-order valence-electron chi connectivity index (χ4n) is 2.35. The third-order valence-electron chi connectivity index (χ3n) is 3.46. The Hall–Kier alpha value is -1.92. The monoisotopic (exact) mass is 346 g/mol. The molecule has 0 aliphatic heterocycles. The number of fused-ring (bicyclic) bond motifs is 1. The van der Waals surface area contributed by atoms with Gasteiger partial charge in [-0.1, -0.05) is 35.9 Å². The molecule has 0 bridgehead atoms. The summed E-state index contributed by atoms with van der Waals surface area (Å²) >= 11 is 7.33. The van der Waals surface area contributed by atoms with Crippen LogP contribution in [0, 0.1) is 0 Å². The zero-order chi connectivity index (χ0) is 16.2. The first-order valence-electron chi connectivity index (χ1n) is 7.08. The fraction of sp³-hybridized carbons (Fsp3) is 0.118. The van der Waals surface area contributed by atoms with Crippen LogP contribution in [0.25, 0.3) is 10.1 Å². The summed E-state index contributed by atoms with van der Waals surface area (Å²) in [6.07, 6.45) is 0. The van der Waals surface area contributed by atoms with Gasteiger partial charge >= 0.3 is 0 Å². The second-order valence-electron chi connectivity index (χ2n) is 5.16. The highest BCUT2D eigenvalue weighted by atomic mass is 35.5. The van der Waals surface area contributed by atoms with E-state index in [0.717, 1.165) is 39.3 Å². The number of benzene rings is 2. The van der Waals surface area contributed by atoms with Crippen LogP contribution >= 0.6 is 22.9 Å². The number of hydrogen-bond donors (Lipinski definition) is 3. The van der Waals surface area contributed by atoms with Gasteiger partial charge in [-0.15, -0.1) is 11.3 Å². The van der Waals surface area contributed by atoms with Gasteiger partial charge in [0.25, 0.3) is 5.91 Å². The number of nitrogens with one attached hydrogen (secondary N) is 2. The van der Waals surface area contributed by atoms with Crippen LogP contribution in [0.3, 0.4) is 0 Å². The highest BCUT2D eigenvalue weighted by molar-refractivity contribution is 7.20. The van der Waals surface area contributed by atoms with E-state index in [4.69, 9.17) is 16.8 Å². The van der Waals surface area contributed by atoms with Crippen LogP contribution in [0.4, 0.5) is 0 Å². The van der Waals surface area contributed by atoms with E-state index in [1.165, 1.54) is 11.3 Å². The van der Waals surface area contributed by atoms with Gasteiger partial charge in [-0.25, -0.2) is 5.48 Å². The van der Waals surface area contributed by atoms with E-state index in [-0.39, 0.29) is 0 Å². The number of carbonyl (C=O) groups is 1. The van der Waals surface area contributed by atoms with Crippen molar-refractivity contribution in [2.75, 3.05) is 0 Å². The van der Waals surface area contributed by atoms with Crippen molar-refractivity contribution in [3.63, 3.8) is 0 Å². The third-order valence-corrected chi connectivity index (χ3v) is 4.79. The summed E-state index contributed by atoms with van der Waals surface area (Å²) in [5.74, 6) is -0.480. The van der Waals surface area contributed by atoms with Gasteiger partial charge in [0.1, 0.15) is 0 Å². The van der Waals surface area contributed by atoms with Crippen LogP contribution in [-0.2, 0) is 13.1 Å². The number of thiophene rings is 1. The van der Waals surface area contributed by atoms with Crippen LogP contribution in [0.15, 0.2) is 48.5 Å². The van der Waals surface area contributed by atoms with Gasteiger partial charge in [0.15, 0.2) is 0 Å². The zero-order valence-corrected chi connectivity index (χ0v) is 13.7. The molecule has 0 aliphatic carbocycles. The minimum atomic E-state index is -0.480. The number of rotatable bonds is 5. The molecule has 3 N–H and O–H groups in total. The zero-order valence-electron chi connectivity index (χ0n) is 12.2. The molecule has 118 valence electrons. The third kappa shape index (κ3) is 3.89. The van der Waals surface area contributed by atoms with Crippen LogP contribution in [-0.4, -0.2) is 11.1 Å². The number of amides is 1. The molecule has 6 heteroatoms. The molecule has 0 saturated heterocycles. The molecule has 1 heterocycles. The lowest BCUT2D eigenvalue weighted by Gasteiger charge is -2.06. The molecule has 2 aromatic carbocycles. The summed E-state index contributed by atoms with van der Waals surface area (Å²) in [7, 11) is 0. The summed E-state index contributed by atoms with van der Waals surface area (Å²) in [5, 5.41) is 13.8. The molecular weight excluding hydrogens is 332 g/mol. The molecule has 0 spiro atoms. The topological polar surface area (TPSA) is 61.4 Å². The number of carbonyl (C=O) groups excluding carboxylic acids is 1. The number of hydrogen-bond acceptors (Lipinski definition) is 4. The summed E-state index contributed by atoms with van der Waals surface area (Å²) in [4.78, 5) is 11.9. The van der Waals surface area contributed by atoms with Gasteiger partial charge in [0.2, 0.25) is 0 Å². The maximum absolute atomic E-state index is 11.5. The molecule has 3 rings (SSSR count). The van der Waals surface area contributed by atoms with E-state index >= 15 is 0 Å². The Morgan fingerprint density at radius 2 is 1.87 bits per heavy atom. The molecular formula is C17H15ClN2O2S. The Bertz CT molecular complexity index is 847. The summed E-state index contributed by atoms with van der Waals surface area (Å²) in [6.45, 7) is 1.46. The van der Waals surface area contributed by atoms with Crippen molar-refractivity contribution in [3.05, 3.63) is 69.6 Å². The van der Waals surface area contributed by atoms with Crippen LogP contribution < -0.4 is 10.8 Å². The second kappa shape index (κ2) is 7.10. The van der Waals surface area contributed by atoms with Gasteiger partial charge in [-0.2, -0.15) is 0 Å². The van der Waals surface area contributed by atoms with Gasteiger partial charge in [0.05, 0.1) is 4.88 Å². The molecule has 0 aliphatic rings. The van der Waals surface area contributed by atoms with Crippen molar-refractivity contribution < 1.29 is 10.0 Å². The van der Waals surface area contributed by atoms with Crippen molar-refractivity contribution >= 4 is 38.9 Å². The maximum atomic E-state index is 11.5. The minimum absolute atomic E-state index is 0.480. The normalized spacial score (nSPS) is 10.9. The van der Waals surface area contributed by atoms with E-state index in [1.54, 1.807) is 11.5 Å². The molecule has 0 radical (unpaired) electrons. The molecule has 0 fully saturated rings. The van der Waals surface area contributed by atoms with Crippen molar-refractivity contribution in [1.82, 2.24) is 10.8 Å². The molecule has 1 amide bonds. The Kier molecular flexibility index (Phi) is 4.93. The Balaban J connectivity index is 1.67. The van der Waals surface area contributed by atoms with Crippen molar-refractivity contribution in [2.24, 2.45) is 0 Å². The lowest BCUT2D eigenvalue weighted by atomic mass is 10.1. The van der Waals surface area contributed by atoms with Gasteiger partial charge in [0, 0.05) is 22.8 Å². The van der Waals surface area contributed by atoms with E-state index < -0.39 is 5.91 Å². The number of hydroxylamine groups is 1. The average molecular weight is 347 g/mol. The molecule has 0 saturated carbocycles. The largest absolute Gasteiger partial charge is 0.309 e. The SMILES string of the molecule is O=C(NO)c1cc2ccc(CNCc3cccc(Cl)c3)cc2s1. The van der Waals surface area contributed by atoms with Crippen molar-refractivity contribution in [2.45, 2.75) is 13.1 Å². The quantitative estimate of drug-likeness (QED) is 0.484. The van der Waals surface area contributed by atoms with E-state index in [0.29, 0.717) is 4.88 Å². The Morgan fingerprint density at radius 1 is 1.09 bits per heavy atom. The highest BCUT2D eigenvalue weighted by Gasteiger charge is 2.09. The predicted octanol–water partition coefficient (Wildman–Crippen LogP) is 3.96. The standard InChI is InChI=1S/C17H15ClN2O2S/c18-14-3-1-2-11(6-14)9-19-10-12-4-5-13-8-16(17(21)20-22)23-15(13)7-12/h1-8,19,22H,9-10H2,(H,20,21). The first kappa shape index (κ1) is 16.0. The van der Waals surface area contributed by atoms with Crippen LogP contribution in [0.5, 0.6) is 0 Å². The lowest BCUT2D eigenvalue weighted by Crippen LogP contribution is -2.16.